The van der Waals surface area contributed by atoms with E-state index in [-0.39, 0.29) is 12.7 Å². The maximum atomic E-state index is 9.35. The third kappa shape index (κ3) is 2.88. The van der Waals surface area contributed by atoms with Crippen molar-refractivity contribution in [3.05, 3.63) is 71.9 Å². The van der Waals surface area contributed by atoms with Crippen molar-refractivity contribution in [1.82, 2.24) is 4.98 Å². The van der Waals surface area contributed by atoms with Crippen LogP contribution in [0.15, 0.2) is 60.7 Å². The zero-order valence-corrected chi connectivity index (χ0v) is 11.9. The molecule has 3 rings (SSSR count). The van der Waals surface area contributed by atoms with Gasteiger partial charge in [-0.2, -0.15) is 0 Å². The lowest BCUT2D eigenvalue weighted by Crippen LogP contribution is -2.04. The smallest absolute Gasteiger partial charge is 0.131 e. The number of para-hydroxylation sites is 1. The van der Waals surface area contributed by atoms with E-state index in [0.717, 1.165) is 22.2 Å². The van der Waals surface area contributed by atoms with Crippen LogP contribution in [0, 0.1) is 0 Å². The molecule has 0 aliphatic carbocycles. The quantitative estimate of drug-likeness (QED) is 0.788. The van der Waals surface area contributed by atoms with E-state index in [1.807, 2.05) is 67.6 Å². The van der Waals surface area contributed by atoms with E-state index < -0.39 is 0 Å². The number of aliphatic hydroxyl groups excluding tert-OH is 1. The minimum atomic E-state index is -0.0963. The SMILES string of the molecule is CC(Oc1cc(CO)nc2ccccc12)c1ccccc1. The van der Waals surface area contributed by atoms with Crippen molar-refractivity contribution in [2.45, 2.75) is 19.6 Å². The molecule has 0 radical (unpaired) electrons. The van der Waals surface area contributed by atoms with Crippen LogP contribution in [0.5, 0.6) is 5.75 Å². The summed E-state index contributed by atoms with van der Waals surface area (Å²) in [4.78, 5) is 4.40. The third-order valence-electron chi connectivity index (χ3n) is 3.47. The van der Waals surface area contributed by atoms with Crippen molar-refractivity contribution in [2.24, 2.45) is 0 Å². The van der Waals surface area contributed by atoms with Crippen LogP contribution in [0.25, 0.3) is 10.9 Å². The number of ether oxygens (including phenoxy) is 1. The molecule has 0 saturated heterocycles. The maximum Gasteiger partial charge on any atom is 0.131 e. The van der Waals surface area contributed by atoms with Gasteiger partial charge in [0.15, 0.2) is 0 Å². The Morgan fingerprint density at radius 3 is 2.52 bits per heavy atom. The van der Waals surface area contributed by atoms with Crippen molar-refractivity contribution < 1.29 is 9.84 Å². The van der Waals surface area contributed by atoms with E-state index in [2.05, 4.69) is 4.98 Å². The number of pyridine rings is 1. The lowest BCUT2D eigenvalue weighted by molar-refractivity contribution is 0.228. The third-order valence-corrected chi connectivity index (χ3v) is 3.47. The first-order chi connectivity index (χ1) is 10.3. The second-order valence-corrected chi connectivity index (χ2v) is 4.96. The summed E-state index contributed by atoms with van der Waals surface area (Å²) in [7, 11) is 0. The fourth-order valence-electron chi connectivity index (χ4n) is 2.36. The van der Waals surface area contributed by atoms with Gasteiger partial charge in [-0.1, -0.05) is 42.5 Å². The highest BCUT2D eigenvalue weighted by atomic mass is 16.5. The second-order valence-electron chi connectivity index (χ2n) is 4.96. The number of nitrogens with zero attached hydrogens (tertiary/aromatic N) is 1. The molecule has 0 fully saturated rings. The van der Waals surface area contributed by atoms with Gasteiger partial charge in [-0.05, 0) is 24.6 Å². The lowest BCUT2D eigenvalue weighted by atomic mass is 10.1. The van der Waals surface area contributed by atoms with Gasteiger partial charge in [0.1, 0.15) is 11.9 Å². The molecule has 0 spiro atoms. The maximum absolute atomic E-state index is 9.35. The summed E-state index contributed by atoms with van der Waals surface area (Å²) in [5, 5.41) is 10.3. The minimum absolute atomic E-state index is 0.0662. The van der Waals surface area contributed by atoms with Gasteiger partial charge in [0, 0.05) is 11.5 Å². The predicted octanol–water partition coefficient (Wildman–Crippen LogP) is 3.87. The van der Waals surface area contributed by atoms with Crippen LogP contribution < -0.4 is 4.74 Å². The van der Waals surface area contributed by atoms with Gasteiger partial charge < -0.3 is 9.84 Å². The summed E-state index contributed by atoms with van der Waals surface area (Å²) in [5.41, 5.74) is 2.56. The van der Waals surface area contributed by atoms with Crippen LogP contribution in [0.4, 0.5) is 0 Å². The molecule has 3 aromatic rings. The van der Waals surface area contributed by atoms with Crippen LogP contribution in [0.3, 0.4) is 0 Å². The first-order valence-corrected chi connectivity index (χ1v) is 6.99. The number of hydrogen-bond acceptors (Lipinski definition) is 3. The van der Waals surface area contributed by atoms with E-state index in [1.54, 1.807) is 0 Å². The Morgan fingerprint density at radius 2 is 1.76 bits per heavy atom. The average molecular weight is 279 g/mol. The van der Waals surface area contributed by atoms with E-state index in [1.165, 1.54) is 0 Å². The van der Waals surface area contributed by atoms with Crippen molar-refractivity contribution >= 4 is 10.9 Å². The number of rotatable bonds is 4. The Labute approximate surface area is 123 Å². The Balaban J connectivity index is 1.99. The summed E-state index contributed by atoms with van der Waals surface area (Å²) in [6.07, 6.45) is -0.0662. The Morgan fingerprint density at radius 1 is 1.05 bits per heavy atom. The molecular formula is C18H17NO2. The number of benzene rings is 2. The van der Waals surface area contributed by atoms with E-state index >= 15 is 0 Å². The highest BCUT2D eigenvalue weighted by molar-refractivity contribution is 5.85. The van der Waals surface area contributed by atoms with E-state index in [0.29, 0.717) is 5.69 Å². The van der Waals surface area contributed by atoms with Gasteiger partial charge in [-0.3, -0.25) is 4.98 Å². The number of aromatic nitrogens is 1. The molecule has 1 unspecified atom stereocenters. The largest absolute Gasteiger partial charge is 0.485 e. The van der Waals surface area contributed by atoms with Gasteiger partial charge in [0.05, 0.1) is 17.8 Å². The average Bonchev–Trinajstić information content (AvgIpc) is 2.55. The van der Waals surface area contributed by atoms with Gasteiger partial charge in [-0.25, -0.2) is 0 Å². The summed E-state index contributed by atoms with van der Waals surface area (Å²) >= 11 is 0. The van der Waals surface area contributed by atoms with Crippen molar-refractivity contribution in [3.63, 3.8) is 0 Å². The minimum Gasteiger partial charge on any atom is -0.485 e. The fourth-order valence-corrected chi connectivity index (χ4v) is 2.36. The molecule has 3 nitrogen and oxygen atoms in total. The second kappa shape index (κ2) is 5.94. The molecule has 106 valence electrons. The number of aliphatic hydroxyl groups is 1. The molecule has 2 aromatic carbocycles. The standard InChI is InChI=1S/C18H17NO2/c1-13(14-7-3-2-4-8-14)21-18-11-15(12-20)19-17-10-6-5-9-16(17)18/h2-11,13,20H,12H2,1H3. The van der Waals surface area contributed by atoms with Crippen LogP contribution >= 0.6 is 0 Å². The molecule has 0 amide bonds. The molecule has 0 bridgehead atoms. The Bertz CT molecular complexity index is 741. The molecule has 0 saturated carbocycles. The Kier molecular flexibility index (Phi) is 3.84. The molecule has 3 heteroatoms. The summed E-state index contributed by atoms with van der Waals surface area (Å²) in [6, 6.07) is 19.7. The highest BCUT2D eigenvalue weighted by Gasteiger charge is 2.11. The zero-order chi connectivity index (χ0) is 14.7. The fraction of sp³-hybridized carbons (Fsp3) is 0.167. The highest BCUT2D eigenvalue weighted by Crippen LogP contribution is 2.29. The summed E-state index contributed by atoms with van der Waals surface area (Å²) < 4.78 is 6.11. The molecule has 0 aliphatic heterocycles. The van der Waals surface area contributed by atoms with Gasteiger partial charge >= 0.3 is 0 Å². The van der Waals surface area contributed by atoms with Crippen molar-refractivity contribution in [3.8, 4) is 5.75 Å². The molecule has 21 heavy (non-hydrogen) atoms. The summed E-state index contributed by atoms with van der Waals surface area (Å²) in [6.45, 7) is 1.92. The molecular weight excluding hydrogens is 262 g/mol. The topological polar surface area (TPSA) is 42.4 Å². The van der Waals surface area contributed by atoms with Gasteiger partial charge in [0.2, 0.25) is 0 Å². The zero-order valence-electron chi connectivity index (χ0n) is 11.9. The van der Waals surface area contributed by atoms with Gasteiger partial charge in [-0.15, -0.1) is 0 Å². The predicted molar refractivity (Wildman–Crippen MR) is 83.2 cm³/mol. The molecule has 1 aromatic heterocycles. The summed E-state index contributed by atoms with van der Waals surface area (Å²) in [5.74, 6) is 0.751. The van der Waals surface area contributed by atoms with Crippen molar-refractivity contribution in [1.29, 1.82) is 0 Å². The van der Waals surface area contributed by atoms with E-state index in [4.69, 9.17) is 4.74 Å². The van der Waals surface area contributed by atoms with Crippen LogP contribution in [-0.4, -0.2) is 10.1 Å². The Hall–Kier alpha value is -2.39. The van der Waals surface area contributed by atoms with Crippen LogP contribution in [0.1, 0.15) is 24.3 Å². The van der Waals surface area contributed by atoms with E-state index in [9.17, 15) is 5.11 Å². The first kappa shape index (κ1) is 13.6. The number of fused-ring (bicyclic) bond motifs is 1. The molecule has 1 atom stereocenters. The number of hydrogen-bond donors (Lipinski definition) is 1. The monoisotopic (exact) mass is 279 g/mol. The molecule has 1 N–H and O–H groups in total. The van der Waals surface area contributed by atoms with Crippen molar-refractivity contribution in [2.75, 3.05) is 0 Å². The lowest BCUT2D eigenvalue weighted by Gasteiger charge is -2.17. The first-order valence-electron chi connectivity index (χ1n) is 6.99. The van der Waals surface area contributed by atoms with Gasteiger partial charge in [0.25, 0.3) is 0 Å². The normalized spacial score (nSPS) is 12.3. The van der Waals surface area contributed by atoms with Crippen LogP contribution in [-0.2, 0) is 6.61 Å². The molecule has 1 heterocycles. The molecule has 0 aliphatic rings. The van der Waals surface area contributed by atoms with Crippen LogP contribution in [0.2, 0.25) is 0 Å².